The molecule has 0 unspecified atom stereocenters. The van der Waals surface area contributed by atoms with Crippen molar-refractivity contribution < 1.29 is 0 Å². The van der Waals surface area contributed by atoms with Crippen LogP contribution in [-0.4, -0.2) is 9.78 Å². The van der Waals surface area contributed by atoms with Gasteiger partial charge < -0.3 is 0 Å². The second kappa shape index (κ2) is 4.36. The Bertz CT molecular complexity index is 399. The van der Waals surface area contributed by atoms with Crippen molar-refractivity contribution in [3.8, 4) is 6.07 Å². The van der Waals surface area contributed by atoms with E-state index in [1.807, 2.05) is 25.5 Å². The number of hydrogen-bond acceptors (Lipinski definition) is 2. The van der Waals surface area contributed by atoms with E-state index in [1.165, 1.54) is 0 Å². The Hall–Kier alpha value is -0.820. The summed E-state index contributed by atoms with van der Waals surface area (Å²) in [5, 5.41) is 13.4. The van der Waals surface area contributed by atoms with Gasteiger partial charge in [0.25, 0.3) is 0 Å². The van der Waals surface area contributed by atoms with Gasteiger partial charge >= 0.3 is 0 Å². The third kappa shape index (κ3) is 2.60. The number of aryl methyl sites for hydroxylation is 2. The molecule has 0 radical (unpaired) electrons. The van der Waals surface area contributed by atoms with E-state index in [4.69, 9.17) is 5.26 Å². The highest BCUT2D eigenvalue weighted by Gasteiger charge is 2.23. The monoisotopic (exact) mass is 269 g/mol. The number of rotatable bonds is 3. The van der Waals surface area contributed by atoms with Gasteiger partial charge in [-0.05, 0) is 43.6 Å². The Kier molecular flexibility index (Phi) is 3.56. The Labute approximate surface area is 99.2 Å². The highest BCUT2D eigenvalue weighted by atomic mass is 79.9. The SMILES string of the molecule is CCn1nc(C)c(Br)c1CC(C)(C)C#N. The summed E-state index contributed by atoms with van der Waals surface area (Å²) in [5.74, 6) is 0. The molecular weight excluding hydrogens is 254 g/mol. The first-order valence-corrected chi connectivity index (χ1v) is 5.83. The molecule has 15 heavy (non-hydrogen) atoms. The molecule has 0 N–H and O–H groups in total. The number of nitriles is 1. The van der Waals surface area contributed by atoms with E-state index < -0.39 is 0 Å². The molecule has 0 aliphatic heterocycles. The van der Waals surface area contributed by atoms with E-state index in [0.717, 1.165) is 28.8 Å². The van der Waals surface area contributed by atoms with Crippen LogP contribution in [0.4, 0.5) is 0 Å². The summed E-state index contributed by atoms with van der Waals surface area (Å²) in [6.07, 6.45) is 0.721. The summed E-state index contributed by atoms with van der Waals surface area (Å²) in [5.41, 5.74) is 1.75. The maximum absolute atomic E-state index is 9.02. The molecule has 0 aliphatic rings. The van der Waals surface area contributed by atoms with Crippen molar-refractivity contribution in [2.45, 2.75) is 40.7 Å². The van der Waals surface area contributed by atoms with E-state index in [2.05, 4.69) is 34.0 Å². The summed E-state index contributed by atoms with van der Waals surface area (Å²) in [6.45, 7) is 8.76. The van der Waals surface area contributed by atoms with Gasteiger partial charge in [-0.1, -0.05) is 0 Å². The van der Waals surface area contributed by atoms with Crippen LogP contribution in [0.2, 0.25) is 0 Å². The predicted molar refractivity (Wildman–Crippen MR) is 63.4 cm³/mol. The van der Waals surface area contributed by atoms with Crippen LogP contribution in [-0.2, 0) is 13.0 Å². The van der Waals surface area contributed by atoms with Crippen LogP contribution in [0.5, 0.6) is 0 Å². The minimum absolute atomic E-state index is 0.345. The van der Waals surface area contributed by atoms with E-state index >= 15 is 0 Å². The van der Waals surface area contributed by atoms with Crippen molar-refractivity contribution in [1.82, 2.24) is 9.78 Å². The van der Waals surface area contributed by atoms with Gasteiger partial charge in [0.15, 0.2) is 0 Å². The van der Waals surface area contributed by atoms with Gasteiger partial charge in [-0.15, -0.1) is 0 Å². The highest BCUT2D eigenvalue weighted by Crippen LogP contribution is 2.28. The van der Waals surface area contributed by atoms with E-state index in [-0.39, 0.29) is 5.41 Å². The van der Waals surface area contributed by atoms with Crippen molar-refractivity contribution >= 4 is 15.9 Å². The van der Waals surface area contributed by atoms with Gasteiger partial charge in [0, 0.05) is 13.0 Å². The van der Waals surface area contributed by atoms with Crippen molar-refractivity contribution in [1.29, 1.82) is 5.26 Å². The molecule has 0 bridgehead atoms. The van der Waals surface area contributed by atoms with Crippen LogP contribution in [0, 0.1) is 23.7 Å². The fourth-order valence-electron chi connectivity index (χ4n) is 1.50. The van der Waals surface area contributed by atoms with Gasteiger partial charge in [0.2, 0.25) is 0 Å². The van der Waals surface area contributed by atoms with Crippen LogP contribution < -0.4 is 0 Å². The molecule has 0 atom stereocenters. The highest BCUT2D eigenvalue weighted by molar-refractivity contribution is 9.10. The topological polar surface area (TPSA) is 41.6 Å². The maximum Gasteiger partial charge on any atom is 0.0738 e. The molecule has 82 valence electrons. The van der Waals surface area contributed by atoms with Crippen LogP contribution in [0.1, 0.15) is 32.2 Å². The minimum atomic E-state index is -0.345. The molecule has 1 rings (SSSR count). The van der Waals surface area contributed by atoms with Gasteiger partial charge in [0.1, 0.15) is 0 Å². The Morgan fingerprint density at radius 3 is 2.60 bits per heavy atom. The molecule has 0 fully saturated rings. The molecule has 0 aliphatic carbocycles. The van der Waals surface area contributed by atoms with Gasteiger partial charge in [0.05, 0.1) is 27.3 Å². The molecule has 0 saturated heterocycles. The molecule has 3 nitrogen and oxygen atoms in total. The normalized spacial score (nSPS) is 11.5. The van der Waals surface area contributed by atoms with E-state index in [0.29, 0.717) is 0 Å². The second-order valence-corrected chi connectivity index (χ2v) is 5.13. The van der Waals surface area contributed by atoms with E-state index in [1.54, 1.807) is 0 Å². The first kappa shape index (κ1) is 12.3. The summed E-state index contributed by atoms with van der Waals surface area (Å²) in [6, 6.07) is 2.32. The molecule has 0 amide bonds. The van der Waals surface area contributed by atoms with Gasteiger partial charge in [-0.3, -0.25) is 4.68 Å². The summed E-state index contributed by atoms with van der Waals surface area (Å²) in [7, 11) is 0. The third-order valence-corrected chi connectivity index (χ3v) is 3.40. The number of aromatic nitrogens is 2. The zero-order valence-corrected chi connectivity index (χ0v) is 11.2. The average Bonchev–Trinajstić information content (AvgIpc) is 2.45. The molecule has 0 spiro atoms. The Balaban J connectivity index is 3.09. The molecule has 1 aromatic heterocycles. The Morgan fingerprint density at radius 2 is 2.13 bits per heavy atom. The predicted octanol–water partition coefficient (Wildman–Crippen LogP) is 3.07. The first-order valence-electron chi connectivity index (χ1n) is 5.04. The second-order valence-electron chi connectivity index (χ2n) is 4.33. The lowest BCUT2D eigenvalue weighted by Gasteiger charge is -2.16. The zero-order valence-electron chi connectivity index (χ0n) is 9.63. The molecular formula is C11H16BrN3. The fraction of sp³-hybridized carbons (Fsp3) is 0.636. The molecule has 1 heterocycles. The average molecular weight is 270 g/mol. The largest absolute Gasteiger partial charge is 0.268 e. The maximum atomic E-state index is 9.02. The van der Waals surface area contributed by atoms with Crippen molar-refractivity contribution in [3.63, 3.8) is 0 Å². The smallest absolute Gasteiger partial charge is 0.0738 e. The van der Waals surface area contributed by atoms with Crippen LogP contribution >= 0.6 is 15.9 Å². The summed E-state index contributed by atoms with van der Waals surface area (Å²) >= 11 is 3.53. The van der Waals surface area contributed by atoms with Gasteiger partial charge in [-0.25, -0.2) is 0 Å². The first-order chi connectivity index (χ1) is 6.91. The fourth-order valence-corrected chi connectivity index (χ4v) is 1.92. The van der Waals surface area contributed by atoms with Crippen LogP contribution in [0.3, 0.4) is 0 Å². The number of hydrogen-bond donors (Lipinski definition) is 0. The lowest BCUT2D eigenvalue weighted by atomic mass is 9.89. The van der Waals surface area contributed by atoms with Crippen molar-refractivity contribution in [2.24, 2.45) is 5.41 Å². The molecule has 1 aromatic rings. The third-order valence-electron chi connectivity index (χ3n) is 2.36. The molecule has 0 saturated carbocycles. The van der Waals surface area contributed by atoms with Crippen LogP contribution in [0.15, 0.2) is 4.47 Å². The van der Waals surface area contributed by atoms with Crippen LogP contribution in [0.25, 0.3) is 0 Å². The molecule has 4 heteroatoms. The number of nitrogens with zero attached hydrogens (tertiary/aromatic N) is 3. The number of halogens is 1. The van der Waals surface area contributed by atoms with E-state index in [9.17, 15) is 0 Å². The minimum Gasteiger partial charge on any atom is -0.268 e. The molecule has 0 aromatic carbocycles. The van der Waals surface area contributed by atoms with Crippen molar-refractivity contribution in [2.75, 3.05) is 0 Å². The zero-order chi connectivity index (χ0) is 11.6. The summed E-state index contributed by atoms with van der Waals surface area (Å²) < 4.78 is 2.99. The quantitative estimate of drug-likeness (QED) is 0.847. The Morgan fingerprint density at radius 1 is 1.53 bits per heavy atom. The lowest BCUT2D eigenvalue weighted by molar-refractivity contribution is 0.463. The lowest BCUT2D eigenvalue weighted by Crippen LogP contribution is -2.16. The summed E-state index contributed by atoms with van der Waals surface area (Å²) in [4.78, 5) is 0. The van der Waals surface area contributed by atoms with Crippen molar-refractivity contribution in [3.05, 3.63) is 15.9 Å². The van der Waals surface area contributed by atoms with Gasteiger partial charge in [-0.2, -0.15) is 10.4 Å². The standard InChI is InChI=1S/C11H16BrN3/c1-5-15-9(6-11(3,4)7-13)10(12)8(2)14-15/h5-6H2,1-4H3.